The van der Waals surface area contributed by atoms with Gasteiger partial charge in [-0.15, -0.1) is 0 Å². The topological polar surface area (TPSA) is 62.5 Å². The van der Waals surface area contributed by atoms with Crippen LogP contribution in [-0.4, -0.2) is 31.7 Å². The van der Waals surface area contributed by atoms with Crippen LogP contribution in [0.4, 0.5) is 4.39 Å². The lowest BCUT2D eigenvalue weighted by Gasteiger charge is -2.23. The molecule has 0 radical (unpaired) electrons. The molecule has 0 spiro atoms. The van der Waals surface area contributed by atoms with Crippen molar-refractivity contribution >= 4 is 11.4 Å². The number of carbonyl (C=O) groups excluding carboxylic acids is 1. The van der Waals surface area contributed by atoms with Crippen molar-refractivity contribution in [3.8, 4) is 0 Å². The second-order valence-electron chi connectivity index (χ2n) is 8.03. The number of carbonyl (C=O) groups is 1. The molecule has 5 rings (SSSR count). The van der Waals surface area contributed by atoms with Crippen LogP contribution in [-0.2, 0) is 13.1 Å². The summed E-state index contributed by atoms with van der Waals surface area (Å²) in [5.74, 6) is 0.344. The van der Waals surface area contributed by atoms with Gasteiger partial charge < -0.3 is 9.72 Å². The summed E-state index contributed by atoms with van der Waals surface area (Å²) in [6.45, 7) is 2.03. The molecule has 1 atom stereocenters. The van der Waals surface area contributed by atoms with Crippen LogP contribution in [0.15, 0.2) is 73.1 Å². The number of hydrogen-bond acceptors (Lipinski definition) is 4. The molecule has 1 aliphatic heterocycles. The van der Waals surface area contributed by atoms with Crippen molar-refractivity contribution in [1.82, 2.24) is 24.6 Å². The number of fused-ring (bicyclic) bond motifs is 1. The summed E-state index contributed by atoms with van der Waals surface area (Å²) >= 11 is 0. The van der Waals surface area contributed by atoms with Gasteiger partial charge in [-0.2, -0.15) is 0 Å². The molecule has 0 saturated carbocycles. The largest absolute Gasteiger partial charge is 0.347 e. The molecule has 1 aliphatic rings. The zero-order valence-corrected chi connectivity index (χ0v) is 17.6. The average Bonchev–Trinajstić information content (AvgIpc) is 3.43. The van der Waals surface area contributed by atoms with Crippen LogP contribution in [0.5, 0.6) is 0 Å². The Labute approximate surface area is 185 Å². The van der Waals surface area contributed by atoms with Gasteiger partial charge >= 0.3 is 0 Å². The number of imidazole rings is 1. The van der Waals surface area contributed by atoms with E-state index in [4.69, 9.17) is 4.98 Å². The normalized spacial score (nSPS) is 16.5. The maximum atomic E-state index is 13.1. The van der Waals surface area contributed by atoms with E-state index < -0.39 is 0 Å². The lowest BCUT2D eigenvalue weighted by Crippen LogP contribution is -2.25. The van der Waals surface area contributed by atoms with Crippen molar-refractivity contribution in [2.45, 2.75) is 32.0 Å². The molecule has 1 aromatic carbocycles. The average molecular weight is 429 g/mol. The first kappa shape index (κ1) is 20.3. The van der Waals surface area contributed by atoms with Crippen LogP contribution >= 0.6 is 0 Å². The highest BCUT2D eigenvalue weighted by molar-refractivity contribution is 5.99. The van der Waals surface area contributed by atoms with Gasteiger partial charge in [0.05, 0.1) is 17.3 Å². The van der Waals surface area contributed by atoms with Crippen molar-refractivity contribution in [3.63, 3.8) is 0 Å². The van der Waals surface area contributed by atoms with Gasteiger partial charge in [-0.25, -0.2) is 9.37 Å². The molecule has 162 valence electrons. The number of benzene rings is 1. The lowest BCUT2D eigenvalue weighted by atomic mass is 10.2. The van der Waals surface area contributed by atoms with Gasteiger partial charge in [-0.05, 0) is 61.3 Å². The van der Waals surface area contributed by atoms with E-state index >= 15 is 0 Å². The molecule has 1 N–H and O–H groups in total. The quantitative estimate of drug-likeness (QED) is 0.501. The molecule has 32 heavy (non-hydrogen) atoms. The highest BCUT2D eigenvalue weighted by Crippen LogP contribution is 2.33. The number of rotatable bonds is 6. The number of pyridine rings is 2. The Morgan fingerprint density at radius 3 is 2.75 bits per heavy atom. The Morgan fingerprint density at radius 1 is 1.09 bits per heavy atom. The third-order valence-electron chi connectivity index (χ3n) is 5.91. The van der Waals surface area contributed by atoms with Crippen molar-refractivity contribution in [3.05, 3.63) is 102 Å². The third kappa shape index (κ3) is 4.11. The number of amides is 1. The van der Waals surface area contributed by atoms with Crippen LogP contribution in [0, 0.1) is 5.82 Å². The van der Waals surface area contributed by atoms with Crippen molar-refractivity contribution in [2.24, 2.45) is 0 Å². The number of likely N-dealkylation sites (tertiary alicyclic amines) is 1. The van der Waals surface area contributed by atoms with Gasteiger partial charge in [-0.3, -0.25) is 14.7 Å². The number of nitrogens with zero attached hydrogens (tertiary/aromatic N) is 4. The van der Waals surface area contributed by atoms with Gasteiger partial charge in [0.2, 0.25) is 0 Å². The number of halogens is 1. The van der Waals surface area contributed by atoms with E-state index in [1.807, 2.05) is 53.2 Å². The highest BCUT2D eigenvalue weighted by Gasteiger charge is 2.31. The summed E-state index contributed by atoms with van der Waals surface area (Å²) in [6.07, 6.45) is 5.84. The monoisotopic (exact) mass is 429 g/mol. The lowest BCUT2D eigenvalue weighted by molar-refractivity contribution is 0.0947. The molecule has 4 heterocycles. The maximum absolute atomic E-state index is 13.1. The number of nitrogens with one attached hydrogen (secondary N) is 1. The number of aromatic nitrogens is 3. The Bertz CT molecular complexity index is 1220. The fourth-order valence-electron chi connectivity index (χ4n) is 4.34. The van der Waals surface area contributed by atoms with E-state index in [-0.39, 0.29) is 17.8 Å². The SMILES string of the molecule is O=C(NCc1ccc(F)cc1)c1nc(C2CCCN2Cc2ccccn2)n2ccccc12. The minimum Gasteiger partial charge on any atom is -0.347 e. The molecule has 1 unspecified atom stereocenters. The first-order chi connectivity index (χ1) is 15.7. The first-order valence-corrected chi connectivity index (χ1v) is 10.8. The zero-order chi connectivity index (χ0) is 21.9. The Kier molecular flexibility index (Phi) is 5.64. The van der Waals surface area contributed by atoms with E-state index in [0.29, 0.717) is 12.2 Å². The maximum Gasteiger partial charge on any atom is 0.272 e. The molecule has 6 nitrogen and oxygen atoms in total. The van der Waals surface area contributed by atoms with Gasteiger partial charge in [-0.1, -0.05) is 24.3 Å². The predicted octanol–water partition coefficient (Wildman–Crippen LogP) is 4.14. The minimum atomic E-state index is -0.295. The highest BCUT2D eigenvalue weighted by atomic mass is 19.1. The van der Waals surface area contributed by atoms with E-state index in [1.54, 1.807) is 12.1 Å². The van der Waals surface area contributed by atoms with E-state index in [1.165, 1.54) is 12.1 Å². The molecular weight excluding hydrogens is 405 g/mol. The summed E-state index contributed by atoms with van der Waals surface area (Å²) < 4.78 is 15.2. The van der Waals surface area contributed by atoms with Crippen LogP contribution in [0.25, 0.3) is 5.52 Å². The van der Waals surface area contributed by atoms with Crippen LogP contribution in [0.1, 0.15) is 46.5 Å². The van der Waals surface area contributed by atoms with E-state index in [2.05, 4.69) is 15.2 Å². The number of hydrogen-bond donors (Lipinski definition) is 1. The summed E-state index contributed by atoms with van der Waals surface area (Å²) in [6, 6.07) is 18.0. The van der Waals surface area contributed by atoms with Crippen LogP contribution in [0.2, 0.25) is 0 Å². The van der Waals surface area contributed by atoms with Gasteiger partial charge in [0.25, 0.3) is 5.91 Å². The second kappa shape index (κ2) is 8.88. The molecule has 1 fully saturated rings. The summed E-state index contributed by atoms with van der Waals surface area (Å²) in [7, 11) is 0. The second-order valence-corrected chi connectivity index (χ2v) is 8.03. The fraction of sp³-hybridized carbons (Fsp3) is 0.240. The van der Waals surface area contributed by atoms with Crippen LogP contribution in [0.3, 0.4) is 0 Å². The van der Waals surface area contributed by atoms with Gasteiger partial charge in [0.15, 0.2) is 5.69 Å². The van der Waals surface area contributed by atoms with Gasteiger partial charge in [0.1, 0.15) is 11.6 Å². The zero-order valence-electron chi connectivity index (χ0n) is 17.6. The van der Waals surface area contributed by atoms with Crippen molar-refractivity contribution in [1.29, 1.82) is 0 Å². The standard InChI is InChI=1S/C25H24FN5O/c26-19-11-9-18(10-12-19)16-28-25(32)23-21-7-2-4-15-31(21)24(29-23)22-8-5-14-30(22)17-20-6-1-3-13-27-20/h1-4,6-7,9-13,15,22H,5,8,14,16-17H2,(H,28,32). The summed E-state index contributed by atoms with van der Waals surface area (Å²) in [5.41, 5.74) is 3.05. The van der Waals surface area contributed by atoms with Crippen molar-refractivity contribution < 1.29 is 9.18 Å². The first-order valence-electron chi connectivity index (χ1n) is 10.8. The molecule has 7 heteroatoms. The molecule has 3 aromatic heterocycles. The molecule has 0 aliphatic carbocycles. The molecule has 4 aromatic rings. The molecule has 0 bridgehead atoms. The minimum absolute atomic E-state index is 0.116. The fourth-order valence-corrected chi connectivity index (χ4v) is 4.34. The Hall–Kier alpha value is -3.58. The van der Waals surface area contributed by atoms with Crippen molar-refractivity contribution in [2.75, 3.05) is 6.54 Å². The van der Waals surface area contributed by atoms with Crippen LogP contribution < -0.4 is 5.32 Å². The molecular formula is C25H24FN5O. The molecule has 1 amide bonds. The Morgan fingerprint density at radius 2 is 1.94 bits per heavy atom. The van der Waals surface area contributed by atoms with Gasteiger partial charge in [0, 0.05) is 25.5 Å². The summed E-state index contributed by atoms with van der Waals surface area (Å²) in [5, 5.41) is 2.92. The van der Waals surface area contributed by atoms with E-state index in [0.717, 1.165) is 48.5 Å². The molecule has 1 saturated heterocycles. The third-order valence-corrected chi connectivity index (χ3v) is 5.91. The smallest absolute Gasteiger partial charge is 0.272 e. The predicted molar refractivity (Wildman–Crippen MR) is 119 cm³/mol. The van der Waals surface area contributed by atoms with E-state index in [9.17, 15) is 9.18 Å². The Balaban J connectivity index is 1.40. The summed E-state index contributed by atoms with van der Waals surface area (Å²) in [4.78, 5) is 24.7.